The van der Waals surface area contributed by atoms with E-state index >= 15 is 0 Å². The lowest BCUT2D eigenvalue weighted by Gasteiger charge is -2.14. The Kier molecular flexibility index (Phi) is 6.08. The van der Waals surface area contributed by atoms with E-state index in [4.69, 9.17) is 12.2 Å². The van der Waals surface area contributed by atoms with Gasteiger partial charge in [0.15, 0.2) is 5.11 Å². The summed E-state index contributed by atoms with van der Waals surface area (Å²) in [5, 5.41) is 6.50. The lowest BCUT2D eigenvalue weighted by atomic mass is 10.1. The van der Waals surface area contributed by atoms with Crippen LogP contribution in [0.25, 0.3) is 0 Å². The zero-order valence-electron chi connectivity index (χ0n) is 13.2. The minimum atomic E-state index is -4.49. The van der Waals surface area contributed by atoms with Crippen molar-refractivity contribution in [2.75, 3.05) is 5.32 Å². The highest BCUT2D eigenvalue weighted by atomic mass is 32.1. The summed E-state index contributed by atoms with van der Waals surface area (Å²) < 4.78 is 51.8. The first kappa shape index (κ1) is 18.9. The second kappa shape index (κ2) is 8.06. The summed E-state index contributed by atoms with van der Waals surface area (Å²) in [5.74, 6) is -0.367. The average Bonchev–Trinajstić information content (AvgIpc) is 2.56. The third-order valence-electron chi connectivity index (χ3n) is 3.29. The minimum Gasteiger partial charge on any atom is -0.331 e. The molecular weight excluding hydrogens is 354 g/mol. The second-order valence-electron chi connectivity index (χ2n) is 5.03. The summed E-state index contributed by atoms with van der Waals surface area (Å²) in [6.07, 6.45) is -3.97. The molecule has 8 heteroatoms. The maximum atomic E-state index is 13.0. The minimum absolute atomic E-state index is 0.0789. The summed E-state index contributed by atoms with van der Waals surface area (Å²) in [6.45, 7) is 1.85. The van der Waals surface area contributed by atoms with E-state index in [9.17, 15) is 17.6 Å². The fraction of sp³-hybridized carbons (Fsp3) is 0.176. The normalized spacial score (nSPS) is 12.0. The number of halogens is 4. The van der Waals surface area contributed by atoms with Gasteiger partial charge in [-0.15, -0.1) is 0 Å². The molecular formula is C17H15F4N3S. The van der Waals surface area contributed by atoms with Crippen molar-refractivity contribution < 1.29 is 17.6 Å². The van der Waals surface area contributed by atoms with Crippen molar-refractivity contribution in [2.24, 2.45) is 5.10 Å². The molecule has 0 fully saturated rings. The zero-order chi connectivity index (χ0) is 18.4. The van der Waals surface area contributed by atoms with E-state index in [0.717, 1.165) is 6.07 Å². The van der Waals surface area contributed by atoms with Crippen molar-refractivity contribution in [1.82, 2.24) is 5.43 Å². The molecule has 0 atom stereocenters. The topological polar surface area (TPSA) is 36.4 Å². The molecule has 2 aromatic rings. The molecule has 0 aromatic heterocycles. The molecule has 0 aliphatic carbocycles. The van der Waals surface area contributed by atoms with Crippen LogP contribution < -0.4 is 10.7 Å². The fourth-order valence-electron chi connectivity index (χ4n) is 2.10. The van der Waals surface area contributed by atoms with Crippen molar-refractivity contribution >= 4 is 28.7 Å². The fourth-order valence-corrected chi connectivity index (χ4v) is 2.25. The summed E-state index contributed by atoms with van der Waals surface area (Å²) in [7, 11) is 0. The molecule has 0 saturated heterocycles. The van der Waals surface area contributed by atoms with Crippen LogP contribution in [0, 0.1) is 5.82 Å². The number of hydrogen-bond acceptors (Lipinski definition) is 2. The molecule has 0 heterocycles. The Labute approximate surface area is 147 Å². The van der Waals surface area contributed by atoms with E-state index in [1.54, 1.807) is 12.1 Å². The number of rotatable bonds is 4. The molecule has 2 N–H and O–H groups in total. The number of hydrogen-bond donors (Lipinski definition) is 2. The Morgan fingerprint density at radius 2 is 1.72 bits per heavy atom. The SMILES string of the molecule is CC/C(=N/NC(=S)Nc1ccccc1C(F)(F)F)c1ccc(F)cc1. The third-order valence-corrected chi connectivity index (χ3v) is 3.48. The molecule has 3 nitrogen and oxygen atoms in total. The van der Waals surface area contributed by atoms with Gasteiger partial charge in [-0.3, -0.25) is 5.43 Å². The zero-order valence-corrected chi connectivity index (χ0v) is 14.0. The number of para-hydroxylation sites is 1. The van der Waals surface area contributed by atoms with E-state index < -0.39 is 11.7 Å². The van der Waals surface area contributed by atoms with E-state index in [1.807, 2.05) is 6.92 Å². The van der Waals surface area contributed by atoms with E-state index in [2.05, 4.69) is 15.8 Å². The molecule has 2 rings (SSSR count). The number of nitrogens with zero attached hydrogens (tertiary/aromatic N) is 1. The first-order valence-corrected chi connectivity index (χ1v) is 7.77. The van der Waals surface area contributed by atoms with Gasteiger partial charge in [-0.1, -0.05) is 31.2 Å². The van der Waals surface area contributed by atoms with Crippen LogP contribution in [0.1, 0.15) is 24.5 Å². The first-order valence-electron chi connectivity index (χ1n) is 7.37. The monoisotopic (exact) mass is 369 g/mol. The quantitative estimate of drug-likeness (QED) is 0.347. The van der Waals surface area contributed by atoms with Gasteiger partial charge in [-0.25, -0.2) is 4.39 Å². The van der Waals surface area contributed by atoms with Crippen molar-refractivity contribution in [3.8, 4) is 0 Å². The van der Waals surface area contributed by atoms with Gasteiger partial charge < -0.3 is 5.32 Å². The van der Waals surface area contributed by atoms with Gasteiger partial charge in [0, 0.05) is 0 Å². The van der Waals surface area contributed by atoms with Crippen LogP contribution in [-0.4, -0.2) is 10.8 Å². The molecule has 0 amide bonds. The summed E-state index contributed by atoms with van der Waals surface area (Å²) in [4.78, 5) is 0. The molecule has 0 bridgehead atoms. The van der Waals surface area contributed by atoms with E-state index in [-0.39, 0.29) is 16.6 Å². The Morgan fingerprint density at radius 1 is 1.08 bits per heavy atom. The number of nitrogens with one attached hydrogen (secondary N) is 2. The highest BCUT2D eigenvalue weighted by Crippen LogP contribution is 2.34. The van der Waals surface area contributed by atoms with Gasteiger partial charge in [0.25, 0.3) is 0 Å². The number of benzene rings is 2. The van der Waals surface area contributed by atoms with E-state index in [1.165, 1.54) is 30.3 Å². The van der Waals surface area contributed by atoms with Crippen molar-refractivity contribution in [2.45, 2.75) is 19.5 Å². The van der Waals surface area contributed by atoms with Crippen LogP contribution in [0.2, 0.25) is 0 Å². The lowest BCUT2D eigenvalue weighted by molar-refractivity contribution is -0.136. The Hall–Kier alpha value is -2.48. The molecule has 2 aromatic carbocycles. The van der Waals surface area contributed by atoms with Crippen LogP contribution in [0.4, 0.5) is 23.2 Å². The molecule has 0 saturated carbocycles. The van der Waals surface area contributed by atoms with Gasteiger partial charge in [-0.2, -0.15) is 18.3 Å². The number of thiocarbonyl (C=S) groups is 1. The highest BCUT2D eigenvalue weighted by Gasteiger charge is 2.33. The van der Waals surface area contributed by atoms with Crippen LogP contribution in [-0.2, 0) is 6.18 Å². The third kappa shape index (κ3) is 5.25. The molecule has 0 radical (unpaired) electrons. The van der Waals surface area contributed by atoms with Gasteiger partial charge in [0.05, 0.1) is 17.0 Å². The molecule has 0 aliphatic rings. The van der Waals surface area contributed by atoms with Crippen LogP contribution in [0.5, 0.6) is 0 Å². The summed E-state index contributed by atoms with van der Waals surface area (Å²) >= 11 is 5.00. The van der Waals surface area contributed by atoms with Crippen LogP contribution >= 0.6 is 12.2 Å². The number of alkyl halides is 3. The molecule has 0 unspecified atom stereocenters. The van der Waals surface area contributed by atoms with Crippen LogP contribution in [0.15, 0.2) is 53.6 Å². The van der Waals surface area contributed by atoms with Crippen molar-refractivity contribution in [3.05, 3.63) is 65.5 Å². The standard InChI is InChI=1S/C17H15F4N3S/c1-2-14(11-7-9-12(18)10-8-11)23-24-16(25)22-15-6-4-3-5-13(15)17(19,20)21/h3-10H,2H2,1H3,(H2,22,24,25)/b23-14-. The summed E-state index contributed by atoms with van der Waals surface area (Å²) in [6, 6.07) is 10.7. The first-order chi connectivity index (χ1) is 11.8. The number of anilines is 1. The second-order valence-corrected chi connectivity index (χ2v) is 5.44. The van der Waals surface area contributed by atoms with Crippen molar-refractivity contribution in [1.29, 1.82) is 0 Å². The molecule has 0 aliphatic heterocycles. The number of hydrazone groups is 1. The Morgan fingerprint density at radius 3 is 2.32 bits per heavy atom. The predicted molar refractivity (Wildman–Crippen MR) is 94.0 cm³/mol. The molecule has 0 spiro atoms. The largest absolute Gasteiger partial charge is 0.418 e. The maximum Gasteiger partial charge on any atom is 0.418 e. The van der Waals surface area contributed by atoms with Gasteiger partial charge in [0.2, 0.25) is 0 Å². The van der Waals surface area contributed by atoms with Crippen LogP contribution in [0.3, 0.4) is 0 Å². The van der Waals surface area contributed by atoms with Gasteiger partial charge in [-0.05, 0) is 48.5 Å². The predicted octanol–water partition coefficient (Wildman–Crippen LogP) is 4.95. The average molecular weight is 369 g/mol. The highest BCUT2D eigenvalue weighted by molar-refractivity contribution is 7.80. The maximum absolute atomic E-state index is 13.0. The van der Waals surface area contributed by atoms with Gasteiger partial charge >= 0.3 is 6.18 Å². The van der Waals surface area contributed by atoms with E-state index in [0.29, 0.717) is 17.7 Å². The molecule has 25 heavy (non-hydrogen) atoms. The van der Waals surface area contributed by atoms with Crippen molar-refractivity contribution in [3.63, 3.8) is 0 Å². The Bertz CT molecular complexity index is 770. The summed E-state index contributed by atoms with van der Waals surface area (Å²) in [5.41, 5.74) is 2.82. The van der Waals surface area contributed by atoms with Gasteiger partial charge in [0.1, 0.15) is 5.82 Å². The lowest BCUT2D eigenvalue weighted by Crippen LogP contribution is -2.26. The Balaban J connectivity index is 2.11. The smallest absolute Gasteiger partial charge is 0.331 e. The molecule has 132 valence electrons.